The van der Waals surface area contributed by atoms with Gasteiger partial charge in [0.2, 0.25) is 0 Å². The first-order chi connectivity index (χ1) is 10.0. The van der Waals surface area contributed by atoms with Crippen LogP contribution in [-0.2, 0) is 17.8 Å². The lowest BCUT2D eigenvalue weighted by atomic mass is 9.71. The van der Waals surface area contributed by atoms with E-state index in [1.54, 1.807) is 0 Å². The number of nitrogens with zero attached hydrogens (tertiary/aromatic N) is 1. The highest BCUT2D eigenvalue weighted by Gasteiger charge is 2.34. The van der Waals surface area contributed by atoms with Gasteiger partial charge in [0.15, 0.2) is 0 Å². The van der Waals surface area contributed by atoms with Gasteiger partial charge in [0.1, 0.15) is 5.78 Å². The predicted molar refractivity (Wildman–Crippen MR) is 86.2 cm³/mol. The van der Waals surface area contributed by atoms with Gasteiger partial charge in [-0.2, -0.15) is 0 Å². The van der Waals surface area contributed by atoms with Gasteiger partial charge in [-0.3, -0.25) is 9.69 Å². The molecule has 0 aromatic heterocycles. The summed E-state index contributed by atoms with van der Waals surface area (Å²) in [5, 5.41) is 0. The van der Waals surface area contributed by atoms with E-state index in [-0.39, 0.29) is 5.92 Å². The molecule has 2 heteroatoms. The van der Waals surface area contributed by atoms with Gasteiger partial charge in [-0.25, -0.2) is 0 Å². The number of Topliss-reactive ketones (excluding diaryl/α,β-unsaturated/α-hetero) is 1. The second-order valence-electron chi connectivity index (χ2n) is 7.64. The van der Waals surface area contributed by atoms with Crippen LogP contribution in [0.1, 0.15) is 50.7 Å². The van der Waals surface area contributed by atoms with E-state index in [4.69, 9.17) is 0 Å². The Morgan fingerprint density at radius 3 is 2.76 bits per heavy atom. The summed E-state index contributed by atoms with van der Waals surface area (Å²) < 4.78 is 0. The topological polar surface area (TPSA) is 20.3 Å². The van der Waals surface area contributed by atoms with Crippen molar-refractivity contribution in [2.24, 2.45) is 11.3 Å². The van der Waals surface area contributed by atoms with Gasteiger partial charge >= 0.3 is 0 Å². The highest BCUT2D eigenvalue weighted by molar-refractivity contribution is 5.82. The monoisotopic (exact) mass is 285 g/mol. The average Bonchev–Trinajstić information content (AvgIpc) is 2.64. The van der Waals surface area contributed by atoms with Crippen molar-refractivity contribution in [3.8, 4) is 0 Å². The lowest BCUT2D eigenvalue weighted by Crippen LogP contribution is -2.38. The van der Waals surface area contributed by atoms with E-state index in [9.17, 15) is 4.79 Å². The molecule has 0 spiro atoms. The van der Waals surface area contributed by atoms with Crippen LogP contribution >= 0.6 is 0 Å². The second-order valence-corrected chi connectivity index (χ2v) is 7.64. The third-order valence-electron chi connectivity index (χ3n) is 5.21. The van der Waals surface area contributed by atoms with Crippen molar-refractivity contribution in [3.05, 3.63) is 35.4 Å². The molecule has 1 aliphatic carbocycles. The molecule has 1 saturated carbocycles. The molecule has 0 saturated heterocycles. The quantitative estimate of drug-likeness (QED) is 0.823. The molecule has 21 heavy (non-hydrogen) atoms. The Balaban J connectivity index is 1.69. The number of fused-ring (bicyclic) bond motifs is 1. The lowest BCUT2D eigenvalue weighted by Gasteiger charge is -2.36. The fraction of sp³-hybridized carbons (Fsp3) is 0.632. The third-order valence-corrected chi connectivity index (χ3v) is 5.21. The highest BCUT2D eigenvalue weighted by atomic mass is 16.1. The molecule has 3 rings (SSSR count). The molecular formula is C19H27NO. The van der Waals surface area contributed by atoms with Crippen LogP contribution in [0, 0.1) is 11.3 Å². The number of rotatable bonds is 2. The number of aryl methyl sites for hydroxylation is 1. The Hall–Kier alpha value is -1.15. The SMILES string of the molecule is CC1(C)CCC(=O)C(CN2CCCc3ccccc3C2)C1. The smallest absolute Gasteiger partial charge is 0.137 e. The molecule has 0 amide bonds. The van der Waals surface area contributed by atoms with Gasteiger partial charge < -0.3 is 0 Å². The van der Waals surface area contributed by atoms with Crippen molar-refractivity contribution >= 4 is 5.78 Å². The van der Waals surface area contributed by atoms with Crippen LogP contribution < -0.4 is 0 Å². The number of carbonyl (C=O) groups excluding carboxylic acids is 1. The van der Waals surface area contributed by atoms with E-state index in [2.05, 4.69) is 43.0 Å². The van der Waals surface area contributed by atoms with Gasteiger partial charge in [-0.15, -0.1) is 0 Å². The number of ketones is 1. The molecule has 0 radical (unpaired) electrons. The Bertz CT molecular complexity index is 520. The summed E-state index contributed by atoms with van der Waals surface area (Å²) >= 11 is 0. The Labute approximate surface area is 128 Å². The van der Waals surface area contributed by atoms with Crippen molar-refractivity contribution in [1.82, 2.24) is 4.90 Å². The molecule has 2 nitrogen and oxygen atoms in total. The molecule has 1 aromatic carbocycles. The molecule has 114 valence electrons. The fourth-order valence-electron chi connectivity index (χ4n) is 3.95. The number of carbonyl (C=O) groups is 1. The molecule has 1 unspecified atom stereocenters. The minimum absolute atomic E-state index is 0.249. The minimum atomic E-state index is 0.249. The zero-order chi connectivity index (χ0) is 14.9. The molecule has 0 bridgehead atoms. The Kier molecular flexibility index (Phi) is 4.17. The first-order valence-electron chi connectivity index (χ1n) is 8.35. The van der Waals surface area contributed by atoms with Gasteiger partial charge in [0, 0.05) is 25.4 Å². The Morgan fingerprint density at radius 2 is 1.95 bits per heavy atom. The summed E-state index contributed by atoms with van der Waals surface area (Å²) in [6, 6.07) is 8.78. The highest BCUT2D eigenvalue weighted by Crippen LogP contribution is 2.37. The third kappa shape index (κ3) is 3.55. The van der Waals surface area contributed by atoms with Crippen LogP contribution in [0.3, 0.4) is 0 Å². The molecule has 1 heterocycles. The zero-order valence-electron chi connectivity index (χ0n) is 13.4. The van der Waals surface area contributed by atoms with E-state index in [0.717, 1.165) is 38.9 Å². The number of benzene rings is 1. The van der Waals surface area contributed by atoms with Crippen LogP contribution in [-0.4, -0.2) is 23.8 Å². The van der Waals surface area contributed by atoms with E-state index < -0.39 is 0 Å². The van der Waals surface area contributed by atoms with E-state index in [1.807, 2.05) is 0 Å². The predicted octanol–water partition coefficient (Wildman–Crippen LogP) is 3.83. The Morgan fingerprint density at radius 1 is 1.19 bits per heavy atom. The summed E-state index contributed by atoms with van der Waals surface area (Å²) in [7, 11) is 0. The minimum Gasteiger partial charge on any atom is -0.299 e. The maximum absolute atomic E-state index is 12.3. The maximum Gasteiger partial charge on any atom is 0.137 e. The van der Waals surface area contributed by atoms with Gasteiger partial charge in [-0.05, 0) is 48.8 Å². The lowest BCUT2D eigenvalue weighted by molar-refractivity contribution is -0.127. The van der Waals surface area contributed by atoms with Crippen molar-refractivity contribution < 1.29 is 4.79 Å². The van der Waals surface area contributed by atoms with Crippen LogP contribution in [0.4, 0.5) is 0 Å². The van der Waals surface area contributed by atoms with Gasteiger partial charge in [-0.1, -0.05) is 38.1 Å². The fourth-order valence-corrected chi connectivity index (χ4v) is 3.95. The largest absolute Gasteiger partial charge is 0.299 e. The standard InChI is InChI=1S/C19H27NO/c1-19(2)10-9-18(21)17(12-19)14-20-11-5-8-15-6-3-4-7-16(15)13-20/h3-4,6-7,17H,5,8-14H2,1-2H3. The van der Waals surface area contributed by atoms with Crippen molar-refractivity contribution in [2.75, 3.05) is 13.1 Å². The molecule has 2 aliphatic rings. The van der Waals surface area contributed by atoms with Crippen LogP contribution in [0.5, 0.6) is 0 Å². The summed E-state index contributed by atoms with van der Waals surface area (Å²) in [6.07, 6.45) is 5.29. The van der Waals surface area contributed by atoms with Gasteiger partial charge in [0.25, 0.3) is 0 Å². The van der Waals surface area contributed by atoms with E-state index in [1.165, 1.54) is 24.0 Å². The van der Waals surface area contributed by atoms with Crippen LogP contribution in [0.2, 0.25) is 0 Å². The molecule has 0 N–H and O–H groups in total. The molecule has 1 fully saturated rings. The zero-order valence-corrected chi connectivity index (χ0v) is 13.4. The van der Waals surface area contributed by atoms with E-state index in [0.29, 0.717) is 11.2 Å². The normalized spacial score (nSPS) is 26.2. The molecule has 1 atom stereocenters. The first-order valence-corrected chi connectivity index (χ1v) is 8.35. The van der Waals surface area contributed by atoms with Gasteiger partial charge in [0.05, 0.1) is 0 Å². The maximum atomic E-state index is 12.3. The summed E-state index contributed by atoms with van der Waals surface area (Å²) in [4.78, 5) is 14.8. The summed E-state index contributed by atoms with van der Waals surface area (Å²) in [5.74, 6) is 0.742. The van der Waals surface area contributed by atoms with Crippen LogP contribution in [0.25, 0.3) is 0 Å². The summed E-state index contributed by atoms with van der Waals surface area (Å²) in [6.45, 7) is 7.71. The van der Waals surface area contributed by atoms with Crippen molar-refractivity contribution in [3.63, 3.8) is 0 Å². The van der Waals surface area contributed by atoms with Crippen LogP contribution in [0.15, 0.2) is 24.3 Å². The molecular weight excluding hydrogens is 258 g/mol. The van der Waals surface area contributed by atoms with Crippen molar-refractivity contribution in [2.45, 2.75) is 52.5 Å². The summed E-state index contributed by atoms with van der Waals surface area (Å²) in [5.41, 5.74) is 3.29. The first kappa shape index (κ1) is 14.8. The second kappa shape index (κ2) is 5.92. The van der Waals surface area contributed by atoms with E-state index >= 15 is 0 Å². The number of hydrogen-bond donors (Lipinski definition) is 0. The number of hydrogen-bond acceptors (Lipinski definition) is 2. The molecule has 1 aliphatic heterocycles. The average molecular weight is 285 g/mol. The van der Waals surface area contributed by atoms with Crippen molar-refractivity contribution in [1.29, 1.82) is 0 Å². The molecule has 1 aromatic rings.